The van der Waals surface area contributed by atoms with Crippen LogP contribution in [0.1, 0.15) is 43.9 Å². The highest BCUT2D eigenvalue weighted by atomic mass is 16.5. The van der Waals surface area contributed by atoms with Gasteiger partial charge in [0.15, 0.2) is 5.82 Å². The average Bonchev–Trinajstić information content (AvgIpc) is 2.84. The van der Waals surface area contributed by atoms with Crippen molar-refractivity contribution in [3.8, 4) is 0 Å². The van der Waals surface area contributed by atoms with Crippen LogP contribution in [0.3, 0.4) is 0 Å². The van der Waals surface area contributed by atoms with Crippen LogP contribution in [0.5, 0.6) is 0 Å². The van der Waals surface area contributed by atoms with E-state index in [1.165, 1.54) is 0 Å². The molecule has 104 valence electrons. The van der Waals surface area contributed by atoms with E-state index >= 15 is 0 Å². The number of nitrogens with zero attached hydrogens (tertiary/aromatic N) is 2. The van der Waals surface area contributed by atoms with Crippen LogP contribution in [0.25, 0.3) is 0 Å². The van der Waals surface area contributed by atoms with Crippen molar-refractivity contribution in [2.75, 3.05) is 26.9 Å². The first kappa shape index (κ1) is 15.1. The fourth-order valence-electron chi connectivity index (χ4n) is 1.47. The number of unbranched alkanes of at least 4 members (excludes halogenated alkanes) is 1. The van der Waals surface area contributed by atoms with Crippen molar-refractivity contribution in [2.24, 2.45) is 5.73 Å². The summed E-state index contributed by atoms with van der Waals surface area (Å²) in [5.74, 6) is 1.17. The maximum Gasteiger partial charge on any atom is 0.243 e. The van der Waals surface area contributed by atoms with Crippen molar-refractivity contribution >= 4 is 0 Å². The van der Waals surface area contributed by atoms with E-state index in [1.54, 1.807) is 7.11 Å². The molecule has 0 aliphatic heterocycles. The zero-order chi connectivity index (χ0) is 13.2. The molecule has 0 amide bonds. The Bertz CT molecular complexity index is 317. The number of hydrogen-bond donors (Lipinski definition) is 1. The number of rotatable bonds is 10. The molecule has 18 heavy (non-hydrogen) atoms. The van der Waals surface area contributed by atoms with Gasteiger partial charge in [-0.15, -0.1) is 0 Å². The third-order valence-electron chi connectivity index (χ3n) is 2.57. The van der Waals surface area contributed by atoms with Gasteiger partial charge < -0.3 is 19.7 Å². The first-order valence-corrected chi connectivity index (χ1v) is 6.42. The van der Waals surface area contributed by atoms with Crippen molar-refractivity contribution < 1.29 is 14.0 Å². The quantitative estimate of drug-likeness (QED) is 0.639. The average molecular weight is 257 g/mol. The molecule has 0 spiro atoms. The van der Waals surface area contributed by atoms with Crippen LogP contribution >= 0.6 is 0 Å². The fraction of sp³-hybridized carbons (Fsp3) is 0.833. The smallest absolute Gasteiger partial charge is 0.243 e. The van der Waals surface area contributed by atoms with Crippen LogP contribution in [-0.2, 0) is 15.9 Å². The number of methoxy groups -OCH3 is 1. The Kier molecular flexibility index (Phi) is 7.55. The second-order valence-electron chi connectivity index (χ2n) is 4.15. The highest BCUT2D eigenvalue weighted by Crippen LogP contribution is 2.14. The van der Waals surface area contributed by atoms with Crippen LogP contribution in [-0.4, -0.2) is 37.1 Å². The highest BCUT2D eigenvalue weighted by Gasteiger charge is 2.13. The van der Waals surface area contributed by atoms with Gasteiger partial charge in [-0.3, -0.25) is 0 Å². The molecule has 0 aliphatic rings. The minimum Gasteiger partial charge on any atom is -0.382 e. The Labute approximate surface area is 108 Å². The topological polar surface area (TPSA) is 83.4 Å². The van der Waals surface area contributed by atoms with Crippen LogP contribution in [0.15, 0.2) is 4.52 Å². The molecule has 6 nitrogen and oxygen atoms in total. The predicted molar refractivity (Wildman–Crippen MR) is 67.2 cm³/mol. The minimum atomic E-state index is -0.152. The summed E-state index contributed by atoms with van der Waals surface area (Å²) in [6.45, 7) is 3.87. The van der Waals surface area contributed by atoms with Crippen LogP contribution in [0, 0.1) is 0 Å². The monoisotopic (exact) mass is 257 g/mol. The Morgan fingerprint density at radius 1 is 1.33 bits per heavy atom. The number of hydrogen-bond acceptors (Lipinski definition) is 6. The minimum absolute atomic E-state index is 0.152. The SMILES string of the molecule is CCCC[C@H](N)c1nc(CCOCCOC)no1. The largest absolute Gasteiger partial charge is 0.382 e. The van der Waals surface area contributed by atoms with E-state index in [2.05, 4.69) is 17.1 Å². The van der Waals surface area contributed by atoms with Gasteiger partial charge >= 0.3 is 0 Å². The number of aromatic nitrogens is 2. The van der Waals surface area contributed by atoms with Gasteiger partial charge in [0.1, 0.15) is 0 Å². The molecule has 1 rings (SSSR count). The molecule has 0 aliphatic carbocycles. The molecular formula is C12H23N3O3. The predicted octanol–water partition coefficient (Wildman–Crippen LogP) is 1.47. The molecule has 0 saturated carbocycles. The highest BCUT2D eigenvalue weighted by molar-refractivity contribution is 4.91. The molecule has 6 heteroatoms. The summed E-state index contributed by atoms with van der Waals surface area (Å²) in [7, 11) is 1.65. The second-order valence-corrected chi connectivity index (χ2v) is 4.15. The lowest BCUT2D eigenvalue weighted by atomic mass is 10.1. The van der Waals surface area contributed by atoms with Crippen molar-refractivity contribution in [2.45, 2.75) is 38.6 Å². The molecule has 1 aromatic rings. The third-order valence-corrected chi connectivity index (χ3v) is 2.57. The molecular weight excluding hydrogens is 234 g/mol. The van der Waals surface area contributed by atoms with E-state index in [1.807, 2.05) is 0 Å². The molecule has 2 N–H and O–H groups in total. The molecule has 0 bridgehead atoms. The third kappa shape index (κ3) is 5.57. The van der Waals surface area contributed by atoms with Gasteiger partial charge in [0.05, 0.1) is 25.9 Å². The molecule has 0 saturated heterocycles. The first-order chi connectivity index (χ1) is 8.77. The van der Waals surface area contributed by atoms with Crippen molar-refractivity contribution in [3.63, 3.8) is 0 Å². The standard InChI is InChI=1S/C12H23N3O3/c1-3-4-5-10(13)12-14-11(15-18-12)6-7-17-9-8-16-2/h10H,3-9,13H2,1-2H3/t10-/m0/s1. The maximum absolute atomic E-state index is 5.94. The molecule has 0 aromatic carbocycles. The van der Waals surface area contributed by atoms with Crippen molar-refractivity contribution in [1.29, 1.82) is 0 Å². The van der Waals surface area contributed by atoms with Gasteiger partial charge in [0.25, 0.3) is 0 Å². The summed E-state index contributed by atoms with van der Waals surface area (Å²) >= 11 is 0. The van der Waals surface area contributed by atoms with E-state index in [4.69, 9.17) is 19.7 Å². The molecule has 0 fully saturated rings. The van der Waals surface area contributed by atoms with E-state index in [0.717, 1.165) is 19.3 Å². The Hall–Kier alpha value is -0.980. The van der Waals surface area contributed by atoms with E-state index in [0.29, 0.717) is 38.0 Å². The van der Waals surface area contributed by atoms with E-state index < -0.39 is 0 Å². The zero-order valence-corrected chi connectivity index (χ0v) is 11.2. The molecule has 1 aromatic heterocycles. The summed E-state index contributed by atoms with van der Waals surface area (Å²) < 4.78 is 15.3. The Morgan fingerprint density at radius 2 is 2.17 bits per heavy atom. The summed E-state index contributed by atoms with van der Waals surface area (Å²) in [5.41, 5.74) is 5.94. The van der Waals surface area contributed by atoms with Crippen molar-refractivity contribution in [1.82, 2.24) is 10.1 Å². The van der Waals surface area contributed by atoms with Gasteiger partial charge in [-0.1, -0.05) is 24.9 Å². The van der Waals surface area contributed by atoms with Crippen LogP contribution in [0.4, 0.5) is 0 Å². The fourth-order valence-corrected chi connectivity index (χ4v) is 1.47. The van der Waals surface area contributed by atoms with Gasteiger partial charge in [-0.2, -0.15) is 4.98 Å². The van der Waals surface area contributed by atoms with Gasteiger partial charge in [0.2, 0.25) is 5.89 Å². The molecule has 0 unspecified atom stereocenters. The van der Waals surface area contributed by atoms with Crippen LogP contribution in [0.2, 0.25) is 0 Å². The van der Waals surface area contributed by atoms with Gasteiger partial charge in [-0.25, -0.2) is 0 Å². The van der Waals surface area contributed by atoms with E-state index in [-0.39, 0.29) is 6.04 Å². The molecule has 1 heterocycles. The number of nitrogens with two attached hydrogens (primary N) is 1. The molecule has 0 radical (unpaired) electrons. The Morgan fingerprint density at radius 3 is 2.89 bits per heavy atom. The van der Waals surface area contributed by atoms with Crippen molar-refractivity contribution in [3.05, 3.63) is 11.7 Å². The number of ether oxygens (including phenoxy) is 2. The van der Waals surface area contributed by atoms with Gasteiger partial charge in [-0.05, 0) is 6.42 Å². The van der Waals surface area contributed by atoms with E-state index in [9.17, 15) is 0 Å². The molecule has 1 atom stereocenters. The van der Waals surface area contributed by atoms with Crippen LogP contribution < -0.4 is 5.73 Å². The Balaban J connectivity index is 2.25. The lowest BCUT2D eigenvalue weighted by Crippen LogP contribution is -2.11. The lowest BCUT2D eigenvalue weighted by molar-refractivity contribution is 0.0714. The van der Waals surface area contributed by atoms with Gasteiger partial charge in [0, 0.05) is 13.5 Å². The summed E-state index contributed by atoms with van der Waals surface area (Å²) in [6.07, 6.45) is 3.69. The normalized spacial score (nSPS) is 12.8. The zero-order valence-electron chi connectivity index (χ0n) is 11.2. The first-order valence-electron chi connectivity index (χ1n) is 6.42. The maximum atomic E-state index is 5.94. The lowest BCUT2D eigenvalue weighted by Gasteiger charge is -2.03. The summed E-state index contributed by atoms with van der Waals surface area (Å²) in [4.78, 5) is 4.27. The second kappa shape index (κ2) is 9.02. The summed E-state index contributed by atoms with van der Waals surface area (Å²) in [6, 6.07) is -0.152. The summed E-state index contributed by atoms with van der Waals surface area (Å²) in [5, 5.41) is 3.89.